The van der Waals surface area contributed by atoms with Crippen LogP contribution in [0.2, 0.25) is 0 Å². The van der Waals surface area contributed by atoms with Gasteiger partial charge in [-0.15, -0.1) is 0 Å². The van der Waals surface area contributed by atoms with Gasteiger partial charge in [-0.1, -0.05) is 6.07 Å². The Kier molecular flexibility index (Phi) is 4.07. The lowest BCUT2D eigenvalue weighted by Gasteiger charge is -2.07. The van der Waals surface area contributed by atoms with Crippen LogP contribution >= 0.6 is 0 Å². The summed E-state index contributed by atoms with van der Waals surface area (Å²) in [4.78, 5) is 6.81. The number of alkyl halides is 3. The molecule has 0 aliphatic heterocycles. The number of benzene rings is 1. The zero-order valence-corrected chi connectivity index (χ0v) is 14.5. The summed E-state index contributed by atoms with van der Waals surface area (Å²) in [5, 5.41) is -0.238. The second-order valence-electron chi connectivity index (χ2n) is 5.23. The Hall–Kier alpha value is -2.47. The van der Waals surface area contributed by atoms with Crippen molar-refractivity contribution in [1.82, 2.24) is 9.97 Å². The molecule has 7 nitrogen and oxygen atoms in total. The van der Waals surface area contributed by atoms with E-state index in [4.69, 9.17) is 4.42 Å². The Bertz CT molecular complexity index is 1210. The van der Waals surface area contributed by atoms with Gasteiger partial charge in [-0.05, 0) is 30.3 Å². The van der Waals surface area contributed by atoms with Crippen LogP contribution in [0.15, 0.2) is 50.7 Å². The van der Waals surface area contributed by atoms with Crippen molar-refractivity contribution < 1.29 is 34.4 Å². The quantitative estimate of drug-likeness (QED) is 0.658. The van der Waals surface area contributed by atoms with Crippen LogP contribution in [0.1, 0.15) is 0 Å². The van der Waals surface area contributed by atoms with Gasteiger partial charge in [0.25, 0.3) is 9.84 Å². The Morgan fingerprint density at radius 3 is 2.31 bits per heavy atom. The van der Waals surface area contributed by atoms with Gasteiger partial charge in [-0.25, -0.2) is 26.8 Å². The van der Waals surface area contributed by atoms with Crippen molar-refractivity contribution in [2.24, 2.45) is 0 Å². The first-order valence-corrected chi connectivity index (χ1v) is 10.2. The van der Waals surface area contributed by atoms with E-state index in [1.165, 1.54) is 18.2 Å². The van der Waals surface area contributed by atoms with Crippen molar-refractivity contribution >= 4 is 30.8 Å². The number of sulfone groups is 2. The van der Waals surface area contributed by atoms with Crippen molar-refractivity contribution in [2.75, 3.05) is 6.26 Å². The molecule has 0 saturated heterocycles. The van der Waals surface area contributed by atoms with Crippen LogP contribution in [0.5, 0.6) is 0 Å². The maximum absolute atomic E-state index is 12.6. The summed E-state index contributed by atoms with van der Waals surface area (Å²) in [5.74, 6) is -0.160. The van der Waals surface area contributed by atoms with E-state index in [9.17, 15) is 30.0 Å². The Labute approximate surface area is 145 Å². The molecule has 3 rings (SSSR count). The highest BCUT2D eigenvalue weighted by atomic mass is 32.2. The number of halogens is 3. The predicted molar refractivity (Wildman–Crippen MR) is 83.6 cm³/mol. The van der Waals surface area contributed by atoms with Crippen molar-refractivity contribution in [3.63, 3.8) is 0 Å². The fraction of sp³-hybridized carbons (Fsp3) is 0.143. The second-order valence-corrected chi connectivity index (χ2v) is 9.13. The molecule has 3 aromatic rings. The zero-order valence-electron chi connectivity index (χ0n) is 12.9. The normalized spacial score (nSPS) is 13.2. The fourth-order valence-electron chi connectivity index (χ4n) is 2.06. The molecule has 0 saturated carbocycles. The summed E-state index contributed by atoms with van der Waals surface area (Å²) in [7, 11) is -9.12. The maximum Gasteiger partial charge on any atom is 0.501 e. The lowest BCUT2D eigenvalue weighted by molar-refractivity contribution is -0.0435. The van der Waals surface area contributed by atoms with E-state index in [-0.39, 0.29) is 27.7 Å². The molecule has 0 aliphatic rings. The number of hydrogen-bond donors (Lipinski definition) is 0. The molecule has 0 bridgehead atoms. The SMILES string of the molecule is CS(=O)(=O)c1cccc(-c2nc3cc(S(=O)(=O)C(F)(F)F)ccc3o2)n1. The van der Waals surface area contributed by atoms with E-state index in [1.807, 2.05) is 0 Å². The topological polar surface area (TPSA) is 107 Å². The Balaban J connectivity index is 2.12. The van der Waals surface area contributed by atoms with Crippen LogP contribution in [0.3, 0.4) is 0 Å². The van der Waals surface area contributed by atoms with E-state index in [0.29, 0.717) is 0 Å². The molecule has 0 fully saturated rings. The maximum atomic E-state index is 12.6. The number of aromatic nitrogens is 2. The molecule has 0 atom stereocenters. The van der Waals surface area contributed by atoms with Crippen LogP contribution in [-0.4, -0.2) is 38.6 Å². The first-order chi connectivity index (χ1) is 11.9. The van der Waals surface area contributed by atoms with Gasteiger partial charge in [0.2, 0.25) is 5.89 Å². The number of nitrogens with zero attached hydrogens (tertiary/aromatic N) is 2. The molecule has 0 N–H and O–H groups in total. The summed E-state index contributed by atoms with van der Waals surface area (Å²) in [6.45, 7) is 0. The Morgan fingerprint density at radius 2 is 1.69 bits per heavy atom. The molecule has 0 radical (unpaired) electrons. The Morgan fingerprint density at radius 1 is 1.00 bits per heavy atom. The molecule has 2 aromatic heterocycles. The number of hydrogen-bond acceptors (Lipinski definition) is 7. The smallest absolute Gasteiger partial charge is 0.435 e. The van der Waals surface area contributed by atoms with Crippen LogP contribution in [0, 0.1) is 0 Å². The zero-order chi connectivity index (χ0) is 19.3. The second kappa shape index (κ2) is 5.77. The molecule has 0 aliphatic carbocycles. The van der Waals surface area contributed by atoms with Crippen molar-refractivity contribution in [2.45, 2.75) is 15.4 Å². The highest BCUT2D eigenvalue weighted by Crippen LogP contribution is 2.32. The van der Waals surface area contributed by atoms with Gasteiger partial charge in [0, 0.05) is 6.26 Å². The third kappa shape index (κ3) is 3.17. The summed E-state index contributed by atoms with van der Waals surface area (Å²) < 4.78 is 89.3. The monoisotopic (exact) mass is 406 g/mol. The van der Waals surface area contributed by atoms with Crippen LogP contribution < -0.4 is 0 Å². The highest BCUT2D eigenvalue weighted by molar-refractivity contribution is 7.92. The number of fused-ring (bicyclic) bond motifs is 1. The van der Waals surface area contributed by atoms with Crippen molar-refractivity contribution in [1.29, 1.82) is 0 Å². The van der Waals surface area contributed by atoms with Gasteiger partial charge in [-0.3, -0.25) is 0 Å². The minimum absolute atomic E-state index is 0.0210. The first-order valence-electron chi connectivity index (χ1n) is 6.79. The van der Waals surface area contributed by atoms with Gasteiger partial charge >= 0.3 is 5.51 Å². The third-order valence-corrected chi connectivity index (χ3v) is 5.77. The number of pyridine rings is 1. The standard InChI is InChI=1S/C14H9F3N2O5S2/c1-25(20,21)12-4-2-3-9(18-12)13-19-10-7-8(5-6-11(10)24-13)26(22,23)14(15,16)17/h2-7H,1H3. The van der Waals surface area contributed by atoms with Crippen LogP contribution in [0.25, 0.3) is 22.7 Å². The minimum Gasteiger partial charge on any atom is -0.435 e. The highest BCUT2D eigenvalue weighted by Gasteiger charge is 2.47. The summed E-state index contributed by atoms with van der Waals surface area (Å²) in [5.41, 5.74) is -5.53. The molecule has 138 valence electrons. The molecule has 12 heteroatoms. The fourth-order valence-corrected chi connectivity index (χ4v) is 3.43. The van der Waals surface area contributed by atoms with Gasteiger partial charge in [0.05, 0.1) is 4.90 Å². The van der Waals surface area contributed by atoms with E-state index in [2.05, 4.69) is 9.97 Å². The largest absolute Gasteiger partial charge is 0.501 e. The number of rotatable bonds is 3. The van der Waals surface area contributed by atoms with Crippen molar-refractivity contribution in [3.05, 3.63) is 36.4 Å². The minimum atomic E-state index is -5.53. The molecule has 26 heavy (non-hydrogen) atoms. The molecule has 0 unspecified atom stereocenters. The van der Waals surface area contributed by atoms with E-state index >= 15 is 0 Å². The van der Waals surface area contributed by atoms with Gasteiger partial charge in [0.1, 0.15) is 11.2 Å². The summed E-state index contributed by atoms with van der Waals surface area (Å²) in [6, 6.07) is 6.56. The van der Waals surface area contributed by atoms with Gasteiger partial charge in [0.15, 0.2) is 20.4 Å². The molecule has 0 spiro atoms. The lowest BCUT2D eigenvalue weighted by Crippen LogP contribution is -2.23. The van der Waals surface area contributed by atoms with E-state index < -0.39 is 30.1 Å². The first kappa shape index (κ1) is 18.3. The molecule has 0 amide bonds. The van der Waals surface area contributed by atoms with Crippen molar-refractivity contribution in [3.8, 4) is 11.6 Å². The van der Waals surface area contributed by atoms with Crippen LogP contribution in [0.4, 0.5) is 13.2 Å². The van der Waals surface area contributed by atoms with Gasteiger partial charge in [-0.2, -0.15) is 13.2 Å². The molecular formula is C14H9F3N2O5S2. The average Bonchev–Trinajstić information content (AvgIpc) is 2.96. The number of oxazole rings is 1. The van der Waals surface area contributed by atoms with E-state index in [1.54, 1.807) is 0 Å². The lowest BCUT2D eigenvalue weighted by atomic mass is 10.3. The predicted octanol–water partition coefficient (Wildman–Crippen LogP) is 2.59. The third-order valence-electron chi connectivity index (χ3n) is 3.30. The average molecular weight is 406 g/mol. The molecule has 1 aromatic carbocycles. The van der Waals surface area contributed by atoms with E-state index in [0.717, 1.165) is 24.5 Å². The summed E-state index contributed by atoms with van der Waals surface area (Å²) >= 11 is 0. The molecule has 2 heterocycles. The van der Waals surface area contributed by atoms with Crippen LogP contribution in [-0.2, 0) is 19.7 Å². The molecular weight excluding hydrogens is 397 g/mol. The van der Waals surface area contributed by atoms with Gasteiger partial charge < -0.3 is 4.42 Å². The summed E-state index contributed by atoms with van der Waals surface area (Å²) in [6.07, 6.45) is 0.958.